The zero-order valence-corrected chi connectivity index (χ0v) is 10.8. The van der Waals surface area contributed by atoms with Gasteiger partial charge >= 0.3 is 0 Å². The third kappa shape index (κ3) is 1.56. The van der Waals surface area contributed by atoms with Crippen LogP contribution in [0.1, 0.15) is 18.9 Å². The summed E-state index contributed by atoms with van der Waals surface area (Å²) in [4.78, 5) is 8.75. The van der Waals surface area contributed by atoms with Crippen molar-refractivity contribution in [2.24, 2.45) is 0 Å². The average Bonchev–Trinajstić information content (AvgIpc) is 3.22. The molecule has 4 rings (SSSR count). The van der Waals surface area contributed by atoms with Crippen LogP contribution in [-0.4, -0.2) is 19.6 Å². The molecule has 5 heteroatoms. The van der Waals surface area contributed by atoms with Crippen molar-refractivity contribution >= 4 is 16.7 Å². The highest BCUT2D eigenvalue weighted by molar-refractivity contribution is 5.83. The molecule has 1 aliphatic carbocycles. The molecule has 1 saturated carbocycles. The second-order valence-corrected chi connectivity index (χ2v) is 5.14. The quantitative estimate of drug-likeness (QED) is 0.552. The molecule has 5 nitrogen and oxygen atoms in total. The smallest absolute Gasteiger partial charge is 0.149 e. The van der Waals surface area contributed by atoms with Crippen molar-refractivity contribution in [1.29, 1.82) is 0 Å². The van der Waals surface area contributed by atoms with Gasteiger partial charge in [-0.15, -0.1) is 0 Å². The molecule has 0 unspecified atom stereocenters. The highest BCUT2D eigenvalue weighted by Crippen LogP contribution is 2.43. The molecule has 0 spiro atoms. The first-order valence-electron chi connectivity index (χ1n) is 6.65. The van der Waals surface area contributed by atoms with E-state index in [-0.39, 0.29) is 5.75 Å². The molecule has 0 amide bonds. The van der Waals surface area contributed by atoms with E-state index >= 15 is 0 Å². The van der Waals surface area contributed by atoms with Crippen LogP contribution in [0.15, 0.2) is 36.7 Å². The van der Waals surface area contributed by atoms with E-state index < -0.39 is 0 Å². The van der Waals surface area contributed by atoms with Gasteiger partial charge in [0, 0.05) is 12.2 Å². The number of phenolic OH excluding ortho intramolecular Hbond substituents is 1. The summed E-state index contributed by atoms with van der Waals surface area (Å²) in [7, 11) is 0. The van der Waals surface area contributed by atoms with Gasteiger partial charge in [0.2, 0.25) is 0 Å². The first kappa shape index (κ1) is 11.3. The second-order valence-electron chi connectivity index (χ2n) is 5.14. The number of rotatable bonds is 2. The van der Waals surface area contributed by atoms with Gasteiger partial charge in [-0.25, -0.2) is 4.98 Å². The van der Waals surface area contributed by atoms with Crippen molar-refractivity contribution < 1.29 is 5.11 Å². The summed E-state index contributed by atoms with van der Waals surface area (Å²) in [5.74, 6) is 0.859. The van der Waals surface area contributed by atoms with Crippen LogP contribution in [0.25, 0.3) is 22.4 Å². The fraction of sp³-hybridized carbons (Fsp3) is 0.200. The normalized spacial score (nSPS) is 14.8. The molecule has 2 heterocycles. The third-order valence-electron chi connectivity index (χ3n) is 3.71. The summed E-state index contributed by atoms with van der Waals surface area (Å²) in [6.07, 6.45) is 5.81. The number of aromatic hydroxyl groups is 1. The minimum absolute atomic E-state index is 0.0951. The monoisotopic (exact) mass is 266 g/mol. The van der Waals surface area contributed by atoms with Crippen LogP contribution in [0.2, 0.25) is 0 Å². The Kier molecular flexibility index (Phi) is 2.24. The Morgan fingerprint density at radius 2 is 2.10 bits per heavy atom. The van der Waals surface area contributed by atoms with Gasteiger partial charge in [0.1, 0.15) is 17.1 Å². The Hall–Kier alpha value is -2.56. The number of nitrogens with two attached hydrogens (primary N) is 1. The number of hydrogen-bond acceptors (Lipinski definition) is 4. The van der Waals surface area contributed by atoms with Gasteiger partial charge in [-0.1, -0.05) is 6.07 Å². The minimum atomic E-state index is 0.0951. The molecule has 1 aromatic carbocycles. The lowest BCUT2D eigenvalue weighted by Crippen LogP contribution is -1.98. The molecule has 0 atom stereocenters. The van der Waals surface area contributed by atoms with Crippen LogP contribution in [-0.2, 0) is 0 Å². The SMILES string of the molecule is Nc1cccc(-c2nc3cnccc3n2C2CC2)c1O. The van der Waals surface area contributed by atoms with E-state index in [0.717, 1.165) is 29.7 Å². The van der Waals surface area contributed by atoms with E-state index in [9.17, 15) is 5.11 Å². The van der Waals surface area contributed by atoms with Gasteiger partial charge in [-0.05, 0) is 31.0 Å². The van der Waals surface area contributed by atoms with E-state index in [0.29, 0.717) is 17.3 Å². The van der Waals surface area contributed by atoms with E-state index in [4.69, 9.17) is 5.73 Å². The molecule has 2 aromatic heterocycles. The van der Waals surface area contributed by atoms with E-state index in [1.165, 1.54) is 0 Å². The van der Waals surface area contributed by atoms with Gasteiger partial charge < -0.3 is 15.4 Å². The molecular formula is C15H14N4O. The Balaban J connectivity index is 2.04. The summed E-state index contributed by atoms with van der Waals surface area (Å²) in [5, 5.41) is 10.2. The summed E-state index contributed by atoms with van der Waals surface area (Å²) in [6.45, 7) is 0. The fourth-order valence-corrected chi connectivity index (χ4v) is 2.58. The molecule has 3 aromatic rings. The Bertz CT molecular complexity index is 805. The van der Waals surface area contributed by atoms with Gasteiger partial charge in [-0.2, -0.15) is 0 Å². The van der Waals surface area contributed by atoms with Crippen molar-refractivity contribution in [3.63, 3.8) is 0 Å². The number of fused-ring (bicyclic) bond motifs is 1. The standard InChI is InChI=1S/C15H14N4O/c16-11-3-1-2-10(14(11)20)15-18-12-8-17-7-6-13(12)19(15)9-4-5-9/h1-3,6-9,20H,4-5,16H2. The minimum Gasteiger partial charge on any atom is -0.505 e. The molecule has 0 radical (unpaired) electrons. The highest BCUT2D eigenvalue weighted by Gasteiger charge is 2.29. The molecular weight excluding hydrogens is 252 g/mol. The average molecular weight is 266 g/mol. The van der Waals surface area contributed by atoms with Crippen LogP contribution in [0.4, 0.5) is 5.69 Å². The van der Waals surface area contributed by atoms with Crippen LogP contribution in [0.5, 0.6) is 5.75 Å². The summed E-state index contributed by atoms with van der Waals surface area (Å²) >= 11 is 0. The van der Waals surface area contributed by atoms with Crippen molar-refractivity contribution in [3.05, 3.63) is 36.7 Å². The highest BCUT2D eigenvalue weighted by atomic mass is 16.3. The van der Waals surface area contributed by atoms with Crippen molar-refractivity contribution in [3.8, 4) is 17.1 Å². The van der Waals surface area contributed by atoms with Crippen LogP contribution < -0.4 is 5.73 Å². The Morgan fingerprint density at radius 1 is 1.25 bits per heavy atom. The number of imidazole rings is 1. The number of nitrogen functional groups attached to an aromatic ring is 1. The number of nitrogens with zero attached hydrogens (tertiary/aromatic N) is 3. The molecule has 3 N–H and O–H groups in total. The maximum atomic E-state index is 10.2. The fourth-order valence-electron chi connectivity index (χ4n) is 2.58. The first-order valence-corrected chi connectivity index (χ1v) is 6.65. The van der Waals surface area contributed by atoms with Gasteiger partial charge in [0.15, 0.2) is 0 Å². The first-order chi connectivity index (χ1) is 9.75. The maximum Gasteiger partial charge on any atom is 0.149 e. The predicted octanol–water partition coefficient (Wildman–Crippen LogP) is 2.72. The van der Waals surface area contributed by atoms with Crippen LogP contribution in [0, 0.1) is 0 Å². The molecule has 0 aliphatic heterocycles. The van der Waals surface area contributed by atoms with E-state index in [1.807, 2.05) is 18.2 Å². The largest absolute Gasteiger partial charge is 0.505 e. The number of para-hydroxylation sites is 1. The molecule has 0 saturated heterocycles. The molecule has 100 valence electrons. The lowest BCUT2D eigenvalue weighted by molar-refractivity contribution is 0.479. The topological polar surface area (TPSA) is 77.0 Å². The number of aromatic nitrogens is 3. The van der Waals surface area contributed by atoms with Crippen molar-refractivity contribution in [2.75, 3.05) is 5.73 Å². The summed E-state index contributed by atoms with van der Waals surface area (Å²) in [6, 6.07) is 7.79. The van der Waals surface area contributed by atoms with Crippen LogP contribution >= 0.6 is 0 Å². The summed E-state index contributed by atoms with van der Waals surface area (Å²) in [5.41, 5.74) is 8.74. The Labute approximate surface area is 115 Å². The Morgan fingerprint density at radius 3 is 2.90 bits per heavy atom. The van der Waals surface area contributed by atoms with E-state index in [1.54, 1.807) is 18.5 Å². The van der Waals surface area contributed by atoms with Gasteiger partial charge in [-0.3, -0.25) is 4.98 Å². The molecule has 0 bridgehead atoms. The molecule has 1 fully saturated rings. The zero-order chi connectivity index (χ0) is 13.7. The van der Waals surface area contributed by atoms with Gasteiger partial charge in [0.05, 0.1) is 23.0 Å². The number of hydrogen-bond donors (Lipinski definition) is 2. The van der Waals surface area contributed by atoms with Crippen molar-refractivity contribution in [2.45, 2.75) is 18.9 Å². The van der Waals surface area contributed by atoms with E-state index in [2.05, 4.69) is 14.5 Å². The lowest BCUT2D eigenvalue weighted by Gasteiger charge is -2.10. The molecule has 20 heavy (non-hydrogen) atoms. The number of phenols is 1. The maximum absolute atomic E-state index is 10.2. The predicted molar refractivity (Wildman–Crippen MR) is 77.3 cm³/mol. The van der Waals surface area contributed by atoms with Gasteiger partial charge in [0.25, 0.3) is 0 Å². The number of anilines is 1. The summed E-state index contributed by atoms with van der Waals surface area (Å²) < 4.78 is 2.19. The third-order valence-corrected chi connectivity index (χ3v) is 3.71. The number of benzene rings is 1. The lowest BCUT2D eigenvalue weighted by atomic mass is 10.1. The van der Waals surface area contributed by atoms with Crippen LogP contribution in [0.3, 0.4) is 0 Å². The zero-order valence-electron chi connectivity index (χ0n) is 10.8. The second kappa shape index (κ2) is 3.96. The van der Waals surface area contributed by atoms with Crippen molar-refractivity contribution in [1.82, 2.24) is 14.5 Å². The number of pyridine rings is 1. The molecule has 1 aliphatic rings.